The standard InChI is InChI=1S/C26H32N6O4/c1-17-8-7-11-21(14-17)32(18(2)26(34)27-20-9-5-6-10-20)24(33)16-31-29-25(28-30-31)19-12-13-22(35-3)23(15-19)36-4/h7-8,11-15,18,20H,5-6,9-10,16H2,1-4H3,(H,27,34). The van der Waals surface area contributed by atoms with Crippen LogP contribution in [-0.4, -0.2) is 58.3 Å². The second kappa shape index (κ2) is 11.2. The number of aromatic nitrogens is 4. The summed E-state index contributed by atoms with van der Waals surface area (Å²) in [5.41, 5.74) is 2.31. The van der Waals surface area contributed by atoms with Gasteiger partial charge in [0.15, 0.2) is 11.5 Å². The number of amides is 2. The lowest BCUT2D eigenvalue weighted by Gasteiger charge is -2.29. The Bertz CT molecular complexity index is 1220. The highest BCUT2D eigenvalue weighted by atomic mass is 16.5. The maximum atomic E-state index is 13.5. The summed E-state index contributed by atoms with van der Waals surface area (Å²) in [5.74, 6) is 0.982. The van der Waals surface area contributed by atoms with Crippen LogP contribution >= 0.6 is 0 Å². The number of benzene rings is 2. The first-order valence-corrected chi connectivity index (χ1v) is 12.1. The first-order chi connectivity index (χ1) is 17.4. The van der Waals surface area contributed by atoms with Crippen molar-refractivity contribution in [1.29, 1.82) is 0 Å². The number of nitrogens with one attached hydrogen (secondary N) is 1. The van der Waals surface area contributed by atoms with Crippen molar-refractivity contribution in [3.63, 3.8) is 0 Å². The summed E-state index contributed by atoms with van der Waals surface area (Å²) < 4.78 is 10.6. The molecule has 10 nitrogen and oxygen atoms in total. The zero-order valence-electron chi connectivity index (χ0n) is 21.1. The highest BCUT2D eigenvalue weighted by Gasteiger charge is 2.30. The molecular weight excluding hydrogens is 460 g/mol. The van der Waals surface area contributed by atoms with E-state index in [0.717, 1.165) is 31.2 Å². The Balaban J connectivity index is 1.55. The third-order valence-corrected chi connectivity index (χ3v) is 6.39. The number of tetrazole rings is 1. The molecule has 0 aliphatic heterocycles. The van der Waals surface area contributed by atoms with Crippen LogP contribution in [0.3, 0.4) is 0 Å². The second-order valence-corrected chi connectivity index (χ2v) is 8.98. The van der Waals surface area contributed by atoms with Crippen LogP contribution in [0.4, 0.5) is 5.69 Å². The fraction of sp³-hybridized carbons (Fsp3) is 0.423. The molecular formula is C26H32N6O4. The van der Waals surface area contributed by atoms with E-state index in [1.165, 1.54) is 9.70 Å². The van der Waals surface area contributed by atoms with Gasteiger partial charge in [-0.25, -0.2) is 0 Å². The van der Waals surface area contributed by atoms with Gasteiger partial charge in [-0.1, -0.05) is 25.0 Å². The third-order valence-electron chi connectivity index (χ3n) is 6.39. The number of hydrogen-bond acceptors (Lipinski definition) is 7. The van der Waals surface area contributed by atoms with Gasteiger partial charge in [0.25, 0.3) is 5.91 Å². The Hall–Kier alpha value is -3.95. The molecule has 3 aromatic rings. The summed E-state index contributed by atoms with van der Waals surface area (Å²) in [6.07, 6.45) is 4.16. The minimum Gasteiger partial charge on any atom is -0.493 e. The molecule has 0 radical (unpaired) electrons. The number of carbonyl (C=O) groups excluding carboxylic acids is 2. The van der Waals surface area contributed by atoms with Gasteiger partial charge in [-0.2, -0.15) is 4.80 Å². The number of hydrogen-bond donors (Lipinski definition) is 1. The lowest BCUT2D eigenvalue weighted by atomic mass is 10.1. The van der Waals surface area contributed by atoms with E-state index in [0.29, 0.717) is 28.6 Å². The summed E-state index contributed by atoms with van der Waals surface area (Å²) in [6, 6.07) is 12.3. The number of methoxy groups -OCH3 is 2. The summed E-state index contributed by atoms with van der Waals surface area (Å²) in [6.45, 7) is 3.52. The van der Waals surface area contributed by atoms with Crippen molar-refractivity contribution in [2.45, 2.75) is 58.2 Å². The largest absolute Gasteiger partial charge is 0.493 e. The Morgan fingerprint density at radius 3 is 2.56 bits per heavy atom. The normalized spacial score (nSPS) is 14.3. The molecule has 10 heteroatoms. The SMILES string of the molecule is COc1ccc(-c2nnn(CC(=O)N(c3cccc(C)c3)C(C)C(=O)NC3CCCC3)n2)cc1OC. The number of carbonyl (C=O) groups is 2. The lowest BCUT2D eigenvalue weighted by Crippen LogP contribution is -2.51. The molecule has 1 atom stereocenters. The lowest BCUT2D eigenvalue weighted by molar-refractivity contribution is -0.127. The van der Waals surface area contributed by atoms with E-state index < -0.39 is 6.04 Å². The minimum absolute atomic E-state index is 0.162. The average molecular weight is 493 g/mol. The Morgan fingerprint density at radius 2 is 1.86 bits per heavy atom. The van der Waals surface area contributed by atoms with Gasteiger partial charge in [-0.05, 0) is 67.8 Å². The van der Waals surface area contributed by atoms with Gasteiger partial charge in [0.1, 0.15) is 12.6 Å². The topological polar surface area (TPSA) is 111 Å². The molecule has 2 aromatic carbocycles. The van der Waals surface area contributed by atoms with Gasteiger partial charge >= 0.3 is 0 Å². The van der Waals surface area contributed by atoms with Crippen LogP contribution in [0.1, 0.15) is 38.2 Å². The zero-order valence-corrected chi connectivity index (χ0v) is 21.1. The third kappa shape index (κ3) is 5.64. The van der Waals surface area contributed by atoms with Gasteiger partial charge in [0, 0.05) is 17.3 Å². The molecule has 1 N–H and O–H groups in total. The van der Waals surface area contributed by atoms with Crippen LogP contribution in [0, 0.1) is 6.92 Å². The summed E-state index contributed by atoms with van der Waals surface area (Å²) in [7, 11) is 3.11. The first-order valence-electron chi connectivity index (χ1n) is 12.1. The smallest absolute Gasteiger partial charge is 0.251 e. The molecule has 190 valence electrons. The van der Waals surface area contributed by atoms with E-state index in [4.69, 9.17) is 9.47 Å². The molecule has 36 heavy (non-hydrogen) atoms. The second-order valence-electron chi connectivity index (χ2n) is 8.98. The molecule has 0 saturated heterocycles. The van der Waals surface area contributed by atoms with Crippen LogP contribution in [0.2, 0.25) is 0 Å². The van der Waals surface area contributed by atoms with Crippen molar-refractivity contribution in [1.82, 2.24) is 25.5 Å². The van der Waals surface area contributed by atoms with Gasteiger partial charge < -0.3 is 14.8 Å². The quantitative estimate of drug-likeness (QED) is 0.488. The predicted octanol–water partition coefficient (Wildman–Crippen LogP) is 3.15. The minimum atomic E-state index is -0.700. The van der Waals surface area contributed by atoms with Gasteiger partial charge in [0.05, 0.1) is 14.2 Å². The van der Waals surface area contributed by atoms with E-state index in [2.05, 4.69) is 20.7 Å². The monoisotopic (exact) mass is 492 g/mol. The summed E-state index contributed by atoms with van der Waals surface area (Å²) >= 11 is 0. The molecule has 1 saturated carbocycles. The molecule has 1 unspecified atom stereocenters. The van der Waals surface area contributed by atoms with E-state index in [1.807, 2.05) is 31.2 Å². The molecule has 0 bridgehead atoms. The Kier molecular flexibility index (Phi) is 7.82. The molecule has 0 spiro atoms. The Morgan fingerprint density at radius 1 is 1.11 bits per heavy atom. The fourth-order valence-electron chi connectivity index (χ4n) is 4.47. The molecule has 1 aliphatic rings. The number of nitrogens with zero attached hydrogens (tertiary/aromatic N) is 5. The van der Waals surface area contributed by atoms with Crippen molar-refractivity contribution in [3.05, 3.63) is 48.0 Å². The zero-order chi connectivity index (χ0) is 25.7. The highest BCUT2D eigenvalue weighted by molar-refractivity contribution is 6.00. The van der Waals surface area contributed by atoms with E-state index >= 15 is 0 Å². The van der Waals surface area contributed by atoms with Crippen LogP contribution in [0.5, 0.6) is 11.5 Å². The van der Waals surface area contributed by atoms with Crippen LogP contribution < -0.4 is 19.7 Å². The number of aryl methyl sites for hydroxylation is 1. The van der Waals surface area contributed by atoms with Gasteiger partial charge in [0.2, 0.25) is 11.7 Å². The number of anilines is 1. The first kappa shape index (κ1) is 25.2. The van der Waals surface area contributed by atoms with Crippen LogP contribution in [0.15, 0.2) is 42.5 Å². The average Bonchev–Trinajstić information content (AvgIpc) is 3.56. The van der Waals surface area contributed by atoms with Crippen molar-refractivity contribution >= 4 is 17.5 Å². The fourth-order valence-corrected chi connectivity index (χ4v) is 4.47. The Labute approximate surface area is 210 Å². The molecule has 2 amide bonds. The molecule has 1 aromatic heterocycles. The number of ether oxygens (including phenoxy) is 2. The van der Waals surface area contributed by atoms with Crippen molar-refractivity contribution < 1.29 is 19.1 Å². The molecule has 4 rings (SSSR count). The van der Waals surface area contributed by atoms with Crippen LogP contribution in [0.25, 0.3) is 11.4 Å². The molecule has 1 heterocycles. The maximum absolute atomic E-state index is 13.5. The summed E-state index contributed by atoms with van der Waals surface area (Å²) in [4.78, 5) is 29.3. The van der Waals surface area contributed by atoms with E-state index in [9.17, 15) is 9.59 Å². The van der Waals surface area contributed by atoms with Crippen molar-refractivity contribution in [2.24, 2.45) is 0 Å². The van der Waals surface area contributed by atoms with Crippen LogP contribution in [-0.2, 0) is 16.1 Å². The van der Waals surface area contributed by atoms with Crippen molar-refractivity contribution in [2.75, 3.05) is 19.1 Å². The molecule has 1 aliphatic carbocycles. The maximum Gasteiger partial charge on any atom is 0.251 e. The van der Waals surface area contributed by atoms with Gasteiger partial charge in [-0.3, -0.25) is 14.5 Å². The van der Waals surface area contributed by atoms with E-state index in [-0.39, 0.29) is 24.4 Å². The predicted molar refractivity (Wildman–Crippen MR) is 135 cm³/mol. The summed E-state index contributed by atoms with van der Waals surface area (Å²) in [5, 5.41) is 15.7. The van der Waals surface area contributed by atoms with Gasteiger partial charge in [-0.15, -0.1) is 10.2 Å². The number of rotatable bonds is 9. The molecule has 1 fully saturated rings. The highest BCUT2D eigenvalue weighted by Crippen LogP contribution is 2.30. The van der Waals surface area contributed by atoms with Crippen molar-refractivity contribution in [3.8, 4) is 22.9 Å². The van der Waals surface area contributed by atoms with E-state index in [1.54, 1.807) is 39.3 Å².